The largest absolute Gasteiger partial charge is 0.497 e. The zero-order valence-electron chi connectivity index (χ0n) is 22.6. The number of carbonyl (C=O) groups is 2. The molecule has 4 aromatic rings. The Bertz CT molecular complexity index is 1430. The van der Waals surface area contributed by atoms with Gasteiger partial charge in [-0.25, -0.2) is 4.68 Å². The van der Waals surface area contributed by atoms with Crippen LogP contribution in [-0.2, 0) is 16.1 Å². The van der Waals surface area contributed by atoms with Gasteiger partial charge >= 0.3 is 0 Å². The van der Waals surface area contributed by atoms with Gasteiger partial charge in [-0.1, -0.05) is 35.5 Å². The van der Waals surface area contributed by atoms with Crippen LogP contribution in [0.25, 0.3) is 11.0 Å². The fourth-order valence-electron chi connectivity index (χ4n) is 4.33. The second-order valence-electron chi connectivity index (χ2n) is 10.1. The van der Waals surface area contributed by atoms with Gasteiger partial charge in [-0.3, -0.25) is 14.5 Å². The Kier molecular flexibility index (Phi) is 7.66. The van der Waals surface area contributed by atoms with Gasteiger partial charge in [-0.05, 0) is 69.2 Å². The highest BCUT2D eigenvalue weighted by atomic mass is 16.5. The van der Waals surface area contributed by atoms with Crippen molar-refractivity contribution in [3.8, 4) is 11.5 Å². The molecule has 1 aromatic heterocycles. The van der Waals surface area contributed by atoms with Gasteiger partial charge in [0, 0.05) is 17.3 Å². The van der Waals surface area contributed by atoms with Gasteiger partial charge in [0.1, 0.15) is 29.6 Å². The molecule has 1 N–H and O–H groups in total. The van der Waals surface area contributed by atoms with Crippen LogP contribution in [0.3, 0.4) is 0 Å². The first-order valence-electron chi connectivity index (χ1n) is 12.3. The van der Waals surface area contributed by atoms with E-state index < -0.39 is 11.6 Å². The van der Waals surface area contributed by atoms with Crippen molar-refractivity contribution in [1.29, 1.82) is 0 Å². The molecule has 0 saturated carbocycles. The van der Waals surface area contributed by atoms with Crippen molar-refractivity contribution < 1.29 is 19.1 Å². The molecule has 38 heavy (non-hydrogen) atoms. The van der Waals surface area contributed by atoms with Crippen LogP contribution in [0.1, 0.15) is 37.9 Å². The van der Waals surface area contributed by atoms with E-state index in [0.29, 0.717) is 28.3 Å². The summed E-state index contributed by atoms with van der Waals surface area (Å²) in [6, 6.07) is 19.1. The number of rotatable bonds is 8. The third-order valence-corrected chi connectivity index (χ3v) is 6.04. The van der Waals surface area contributed by atoms with E-state index in [9.17, 15) is 9.59 Å². The molecule has 0 bridgehead atoms. The third kappa shape index (κ3) is 5.77. The van der Waals surface area contributed by atoms with Crippen molar-refractivity contribution in [2.24, 2.45) is 0 Å². The molecule has 9 heteroatoms. The zero-order chi connectivity index (χ0) is 27.4. The average molecular weight is 516 g/mol. The van der Waals surface area contributed by atoms with E-state index in [1.807, 2.05) is 76.2 Å². The molecule has 0 aliphatic carbocycles. The van der Waals surface area contributed by atoms with Crippen LogP contribution in [0.2, 0.25) is 0 Å². The Morgan fingerprint density at radius 1 is 0.974 bits per heavy atom. The van der Waals surface area contributed by atoms with E-state index in [4.69, 9.17) is 9.47 Å². The summed E-state index contributed by atoms with van der Waals surface area (Å²) in [5.41, 5.74) is 2.86. The second-order valence-corrected chi connectivity index (χ2v) is 10.1. The standard InChI is InChI=1S/C29H33N5O4/c1-19-11-7-9-13-24(19)34(26(35)18-33-25-14-10-8-12-23(25)31-32-33)27(28(36)30-29(2,3)4)20-15-21(37-5)17-22(16-20)38-6/h7-17,27H,18H2,1-6H3,(H,30,36)/t27-/m0/s1. The number of methoxy groups -OCH3 is 2. The fourth-order valence-corrected chi connectivity index (χ4v) is 4.33. The van der Waals surface area contributed by atoms with Crippen molar-refractivity contribution >= 4 is 28.5 Å². The van der Waals surface area contributed by atoms with Crippen molar-refractivity contribution in [1.82, 2.24) is 20.3 Å². The molecule has 0 spiro atoms. The number of para-hydroxylation sites is 2. The van der Waals surface area contributed by atoms with Crippen LogP contribution in [0.15, 0.2) is 66.7 Å². The Labute approximate surface area is 222 Å². The van der Waals surface area contributed by atoms with Gasteiger partial charge in [0.25, 0.3) is 0 Å². The summed E-state index contributed by atoms with van der Waals surface area (Å²) in [6.07, 6.45) is 0. The van der Waals surface area contributed by atoms with Gasteiger partial charge < -0.3 is 14.8 Å². The van der Waals surface area contributed by atoms with Crippen LogP contribution in [0.5, 0.6) is 11.5 Å². The summed E-state index contributed by atoms with van der Waals surface area (Å²) < 4.78 is 12.5. The van der Waals surface area contributed by atoms with Gasteiger partial charge in [0.2, 0.25) is 11.8 Å². The molecule has 2 amide bonds. The number of carbonyl (C=O) groups excluding carboxylic acids is 2. The number of hydrogen-bond acceptors (Lipinski definition) is 6. The first-order valence-corrected chi connectivity index (χ1v) is 12.3. The zero-order valence-corrected chi connectivity index (χ0v) is 22.6. The molecular weight excluding hydrogens is 482 g/mol. The SMILES string of the molecule is COc1cc(OC)cc([C@@H](C(=O)NC(C)(C)C)N(C(=O)Cn2nnc3ccccc32)c2ccccc2C)c1. The van der Waals surface area contributed by atoms with Crippen molar-refractivity contribution in [2.75, 3.05) is 19.1 Å². The van der Waals surface area contributed by atoms with Gasteiger partial charge in [0.05, 0.1) is 19.7 Å². The minimum Gasteiger partial charge on any atom is -0.497 e. The van der Waals surface area contributed by atoms with Gasteiger partial charge in [-0.15, -0.1) is 5.10 Å². The minimum absolute atomic E-state index is 0.116. The van der Waals surface area contributed by atoms with Gasteiger partial charge in [0.15, 0.2) is 0 Å². The molecule has 9 nitrogen and oxygen atoms in total. The first kappa shape index (κ1) is 26.7. The molecule has 1 atom stereocenters. The monoisotopic (exact) mass is 515 g/mol. The van der Waals surface area contributed by atoms with Crippen LogP contribution in [0.4, 0.5) is 5.69 Å². The third-order valence-electron chi connectivity index (χ3n) is 6.04. The highest BCUT2D eigenvalue weighted by Gasteiger charge is 2.36. The molecule has 3 aromatic carbocycles. The molecule has 0 aliphatic rings. The molecule has 4 rings (SSSR count). The predicted octanol–water partition coefficient (Wildman–Crippen LogP) is 4.45. The number of benzene rings is 3. The normalized spacial score (nSPS) is 12.2. The summed E-state index contributed by atoms with van der Waals surface area (Å²) in [7, 11) is 3.09. The van der Waals surface area contributed by atoms with E-state index in [2.05, 4.69) is 15.6 Å². The number of ether oxygens (including phenoxy) is 2. The molecule has 1 heterocycles. The highest BCUT2D eigenvalue weighted by molar-refractivity contribution is 6.02. The number of aryl methyl sites for hydroxylation is 1. The molecule has 0 unspecified atom stereocenters. The lowest BCUT2D eigenvalue weighted by Gasteiger charge is -2.34. The van der Waals surface area contributed by atoms with E-state index in [1.54, 1.807) is 37.1 Å². The van der Waals surface area contributed by atoms with E-state index >= 15 is 0 Å². The van der Waals surface area contributed by atoms with Crippen LogP contribution < -0.4 is 19.7 Å². The van der Waals surface area contributed by atoms with E-state index in [0.717, 1.165) is 11.1 Å². The van der Waals surface area contributed by atoms with E-state index in [-0.39, 0.29) is 18.4 Å². The lowest BCUT2D eigenvalue weighted by molar-refractivity contribution is -0.128. The second kappa shape index (κ2) is 10.9. The van der Waals surface area contributed by atoms with Crippen LogP contribution in [-0.4, -0.2) is 46.6 Å². The smallest absolute Gasteiger partial charge is 0.249 e. The number of fused-ring (bicyclic) bond motifs is 1. The van der Waals surface area contributed by atoms with E-state index in [1.165, 1.54) is 4.90 Å². The summed E-state index contributed by atoms with van der Waals surface area (Å²) in [5, 5.41) is 11.4. The van der Waals surface area contributed by atoms with Gasteiger partial charge in [-0.2, -0.15) is 0 Å². The maximum Gasteiger partial charge on any atom is 0.249 e. The topological polar surface area (TPSA) is 98.6 Å². The highest BCUT2D eigenvalue weighted by Crippen LogP contribution is 2.35. The number of hydrogen-bond donors (Lipinski definition) is 1. The molecular formula is C29H33N5O4. The fraction of sp³-hybridized carbons (Fsp3) is 0.310. The molecule has 0 aliphatic heterocycles. The number of nitrogens with one attached hydrogen (secondary N) is 1. The quantitative estimate of drug-likeness (QED) is 0.372. The number of anilines is 1. The Morgan fingerprint density at radius 3 is 2.24 bits per heavy atom. The van der Waals surface area contributed by atoms with Crippen LogP contribution in [0, 0.1) is 6.92 Å². The summed E-state index contributed by atoms with van der Waals surface area (Å²) >= 11 is 0. The summed E-state index contributed by atoms with van der Waals surface area (Å²) in [5.74, 6) is 0.346. The maximum atomic E-state index is 14.2. The number of amides is 2. The lowest BCUT2D eigenvalue weighted by atomic mass is 9.99. The minimum atomic E-state index is -1.03. The van der Waals surface area contributed by atoms with Crippen molar-refractivity contribution in [2.45, 2.75) is 45.8 Å². The Morgan fingerprint density at radius 2 is 1.61 bits per heavy atom. The molecule has 0 fully saturated rings. The first-order chi connectivity index (χ1) is 18.1. The van der Waals surface area contributed by atoms with Crippen LogP contribution >= 0.6 is 0 Å². The Hall–Kier alpha value is -4.40. The summed E-state index contributed by atoms with van der Waals surface area (Å²) in [4.78, 5) is 29.7. The lowest BCUT2D eigenvalue weighted by Crippen LogP contribution is -2.50. The summed E-state index contributed by atoms with van der Waals surface area (Å²) in [6.45, 7) is 7.49. The Balaban J connectivity index is 1.89. The van der Waals surface area contributed by atoms with Crippen molar-refractivity contribution in [3.63, 3.8) is 0 Å². The number of aromatic nitrogens is 3. The predicted molar refractivity (Wildman–Crippen MR) is 146 cm³/mol. The maximum absolute atomic E-state index is 14.2. The van der Waals surface area contributed by atoms with Crippen molar-refractivity contribution in [3.05, 3.63) is 77.9 Å². The molecule has 198 valence electrons. The average Bonchev–Trinajstić information content (AvgIpc) is 3.28. The number of nitrogens with zero attached hydrogens (tertiary/aromatic N) is 4. The molecule has 0 saturated heterocycles. The molecule has 0 radical (unpaired) electrons.